The number of nitrogens with one attached hydrogen (secondary N) is 1. The van der Waals surface area contributed by atoms with Crippen LogP contribution in [0.25, 0.3) is 17.5 Å². The maximum Gasteiger partial charge on any atom is 0.196 e. The van der Waals surface area contributed by atoms with Crippen molar-refractivity contribution in [3.63, 3.8) is 0 Å². The molecule has 0 saturated carbocycles. The fourth-order valence-electron chi connectivity index (χ4n) is 3.44. The van der Waals surface area contributed by atoms with Crippen LogP contribution in [0.15, 0.2) is 84.4 Å². The van der Waals surface area contributed by atoms with Crippen molar-refractivity contribution in [3.8, 4) is 17.1 Å². The third kappa shape index (κ3) is 3.21. The van der Waals surface area contributed by atoms with Crippen LogP contribution in [0.4, 0.5) is 0 Å². The molecule has 0 bridgehead atoms. The molecule has 1 atom stereocenters. The van der Waals surface area contributed by atoms with E-state index in [2.05, 4.69) is 20.6 Å². The maximum atomic E-state index is 13.3. The van der Waals surface area contributed by atoms with Crippen molar-refractivity contribution in [2.45, 2.75) is 6.10 Å². The van der Waals surface area contributed by atoms with Gasteiger partial charge in [0.1, 0.15) is 5.75 Å². The molecule has 5 rings (SSSR count). The Morgan fingerprint density at radius 3 is 2.41 bits per heavy atom. The number of hydrogen-bond donors (Lipinski definition) is 1. The van der Waals surface area contributed by atoms with Gasteiger partial charge in [0.15, 0.2) is 17.7 Å². The zero-order valence-electron chi connectivity index (χ0n) is 15.3. The average molecular weight is 380 g/mol. The summed E-state index contributed by atoms with van der Waals surface area (Å²) >= 11 is 0. The molecule has 0 saturated heterocycles. The fraction of sp³-hybridized carbons (Fsp3) is 0.0435. The molecule has 6 nitrogen and oxygen atoms in total. The first-order valence-electron chi connectivity index (χ1n) is 9.21. The Labute approximate surface area is 166 Å². The summed E-state index contributed by atoms with van der Waals surface area (Å²) in [6.07, 6.45) is 1.43. The van der Waals surface area contributed by atoms with E-state index in [1.54, 1.807) is 6.07 Å². The van der Waals surface area contributed by atoms with Crippen LogP contribution in [-0.4, -0.2) is 26.4 Å². The van der Waals surface area contributed by atoms with Gasteiger partial charge in [-0.25, -0.2) is 5.10 Å². The van der Waals surface area contributed by atoms with E-state index in [9.17, 15) is 4.79 Å². The summed E-state index contributed by atoms with van der Waals surface area (Å²) in [5.74, 6) is 1.18. The van der Waals surface area contributed by atoms with Gasteiger partial charge in [0.2, 0.25) is 0 Å². The number of rotatable bonds is 3. The Morgan fingerprint density at radius 1 is 0.897 bits per heavy atom. The number of hydrogen-bond acceptors (Lipinski definition) is 5. The Morgan fingerprint density at radius 2 is 1.66 bits per heavy atom. The number of ether oxygens (including phenoxy) is 1. The Hall–Kier alpha value is -4.06. The van der Waals surface area contributed by atoms with Crippen molar-refractivity contribution < 1.29 is 9.53 Å². The standard InChI is InChI=1S/C23H16N4O2/c28-21-18-8-4-5-9-20(18)29-22(16-6-2-1-3-7-16)19(21)14-15-10-12-17(13-11-15)23-24-26-27-25-23/h1-14,22H,(H,24,25,26,27). The summed E-state index contributed by atoms with van der Waals surface area (Å²) in [4.78, 5) is 13.3. The molecule has 29 heavy (non-hydrogen) atoms. The molecule has 0 radical (unpaired) electrons. The predicted molar refractivity (Wildman–Crippen MR) is 108 cm³/mol. The van der Waals surface area contributed by atoms with Crippen LogP contribution in [-0.2, 0) is 0 Å². The van der Waals surface area contributed by atoms with Crippen molar-refractivity contribution in [2.24, 2.45) is 0 Å². The monoisotopic (exact) mass is 380 g/mol. The average Bonchev–Trinajstić information content (AvgIpc) is 3.32. The minimum absolute atomic E-state index is 0.0239. The second-order valence-corrected chi connectivity index (χ2v) is 6.71. The quantitative estimate of drug-likeness (QED) is 0.537. The van der Waals surface area contributed by atoms with Gasteiger partial charge < -0.3 is 4.74 Å². The number of carbonyl (C=O) groups excluding carboxylic acids is 1. The van der Waals surface area contributed by atoms with Crippen molar-refractivity contribution in [2.75, 3.05) is 0 Å². The molecule has 1 aliphatic rings. The molecule has 1 N–H and O–H groups in total. The smallest absolute Gasteiger partial charge is 0.196 e. The van der Waals surface area contributed by atoms with Crippen molar-refractivity contribution in [3.05, 3.63) is 101 Å². The van der Waals surface area contributed by atoms with Gasteiger partial charge in [0, 0.05) is 11.1 Å². The molecule has 0 amide bonds. The highest BCUT2D eigenvalue weighted by molar-refractivity contribution is 6.14. The first-order valence-corrected chi connectivity index (χ1v) is 9.21. The van der Waals surface area contributed by atoms with E-state index in [4.69, 9.17) is 4.74 Å². The van der Waals surface area contributed by atoms with E-state index in [0.717, 1.165) is 16.7 Å². The summed E-state index contributed by atoms with van der Waals surface area (Å²) in [7, 11) is 0. The highest BCUT2D eigenvalue weighted by Crippen LogP contribution is 2.39. The summed E-state index contributed by atoms with van der Waals surface area (Å²) in [5.41, 5.74) is 3.88. The van der Waals surface area contributed by atoms with E-state index in [1.807, 2.05) is 78.9 Å². The number of ketones is 1. The summed E-state index contributed by atoms with van der Waals surface area (Å²) in [5, 5.41) is 13.8. The van der Waals surface area contributed by atoms with Crippen molar-refractivity contribution in [1.82, 2.24) is 20.6 Å². The number of fused-ring (bicyclic) bond motifs is 1. The lowest BCUT2D eigenvalue weighted by atomic mass is 9.89. The van der Waals surface area contributed by atoms with Gasteiger partial charge in [-0.15, -0.1) is 5.10 Å². The van der Waals surface area contributed by atoms with Crippen LogP contribution in [0.3, 0.4) is 0 Å². The first-order chi connectivity index (χ1) is 14.3. The molecule has 2 heterocycles. The van der Waals surface area contributed by atoms with Gasteiger partial charge in [-0.3, -0.25) is 4.79 Å². The van der Waals surface area contributed by atoms with Crippen LogP contribution in [0.2, 0.25) is 0 Å². The summed E-state index contributed by atoms with van der Waals surface area (Å²) < 4.78 is 6.24. The lowest BCUT2D eigenvalue weighted by molar-refractivity contribution is 0.0963. The van der Waals surface area contributed by atoms with E-state index in [-0.39, 0.29) is 5.78 Å². The highest BCUT2D eigenvalue weighted by Gasteiger charge is 2.32. The number of H-pyrrole nitrogens is 1. The van der Waals surface area contributed by atoms with Gasteiger partial charge in [0.25, 0.3) is 0 Å². The number of aromatic nitrogens is 4. The van der Waals surface area contributed by atoms with E-state index in [1.165, 1.54) is 0 Å². The second kappa shape index (κ2) is 7.16. The molecule has 0 spiro atoms. The number of tetrazole rings is 1. The maximum absolute atomic E-state index is 13.3. The topological polar surface area (TPSA) is 80.8 Å². The van der Waals surface area contributed by atoms with Crippen LogP contribution < -0.4 is 4.74 Å². The molecule has 1 aromatic heterocycles. The number of para-hydroxylation sites is 1. The first kappa shape index (κ1) is 17.1. The van der Waals surface area contributed by atoms with Gasteiger partial charge in [0.05, 0.1) is 5.56 Å². The Bertz CT molecular complexity index is 1180. The van der Waals surface area contributed by atoms with Crippen LogP contribution in [0, 0.1) is 0 Å². The number of carbonyl (C=O) groups is 1. The molecule has 140 valence electrons. The minimum Gasteiger partial charge on any atom is -0.480 e. The van der Waals surface area contributed by atoms with Crippen LogP contribution >= 0.6 is 0 Å². The number of Topliss-reactive ketones (excluding diaryl/α,β-unsaturated/α-hetero) is 1. The molecule has 3 aromatic carbocycles. The summed E-state index contributed by atoms with van der Waals surface area (Å²) in [6.45, 7) is 0. The third-order valence-corrected chi connectivity index (χ3v) is 4.88. The second-order valence-electron chi connectivity index (χ2n) is 6.71. The highest BCUT2D eigenvalue weighted by atomic mass is 16.5. The normalized spacial score (nSPS) is 17.0. The molecule has 4 aromatic rings. The molecule has 1 aliphatic heterocycles. The van der Waals surface area contributed by atoms with Crippen LogP contribution in [0.1, 0.15) is 27.6 Å². The molecule has 6 heteroatoms. The molecule has 0 aliphatic carbocycles. The van der Waals surface area contributed by atoms with Gasteiger partial charge in [-0.1, -0.05) is 66.7 Å². The van der Waals surface area contributed by atoms with Crippen LogP contribution in [0.5, 0.6) is 5.75 Å². The third-order valence-electron chi connectivity index (χ3n) is 4.88. The zero-order chi connectivity index (χ0) is 19.6. The Kier molecular flexibility index (Phi) is 4.22. The zero-order valence-corrected chi connectivity index (χ0v) is 15.3. The largest absolute Gasteiger partial charge is 0.480 e. The predicted octanol–water partition coefficient (Wildman–Crippen LogP) is 4.27. The van der Waals surface area contributed by atoms with E-state index >= 15 is 0 Å². The van der Waals surface area contributed by atoms with Gasteiger partial charge in [-0.2, -0.15) is 0 Å². The minimum atomic E-state index is -0.461. The number of benzene rings is 3. The van der Waals surface area contributed by atoms with Gasteiger partial charge in [-0.05, 0) is 39.8 Å². The van der Waals surface area contributed by atoms with E-state index in [0.29, 0.717) is 22.7 Å². The Balaban J connectivity index is 1.57. The summed E-state index contributed by atoms with van der Waals surface area (Å²) in [6, 6.07) is 24.8. The van der Waals surface area contributed by atoms with Crippen molar-refractivity contribution >= 4 is 11.9 Å². The molecular weight excluding hydrogens is 364 g/mol. The van der Waals surface area contributed by atoms with Gasteiger partial charge >= 0.3 is 0 Å². The van der Waals surface area contributed by atoms with Crippen molar-refractivity contribution in [1.29, 1.82) is 0 Å². The lowest BCUT2D eigenvalue weighted by Crippen LogP contribution is -2.23. The molecule has 0 fully saturated rings. The lowest BCUT2D eigenvalue weighted by Gasteiger charge is -2.28. The number of aromatic amines is 1. The fourth-order valence-corrected chi connectivity index (χ4v) is 3.44. The molecule has 1 unspecified atom stereocenters. The number of nitrogens with zero attached hydrogens (tertiary/aromatic N) is 3. The molecular formula is C23H16N4O2. The van der Waals surface area contributed by atoms with E-state index < -0.39 is 6.10 Å². The SMILES string of the molecule is O=C1C(=Cc2ccc(-c3nnn[nH]3)cc2)C(c2ccccc2)Oc2ccccc21.